The maximum atomic E-state index is 5.86. The van der Waals surface area contributed by atoms with Crippen molar-refractivity contribution in [2.24, 2.45) is 0 Å². The van der Waals surface area contributed by atoms with Crippen LogP contribution in [0.5, 0.6) is 0 Å². The zero-order valence-electron chi connectivity index (χ0n) is 9.43. The molecule has 0 aliphatic heterocycles. The Hall–Kier alpha value is -1.38. The minimum atomic E-state index is 0.721. The molecule has 2 aromatic rings. The highest BCUT2D eigenvalue weighted by Gasteiger charge is 2.08. The van der Waals surface area contributed by atoms with Crippen LogP contribution in [0, 0.1) is 0 Å². The molecule has 0 aromatic heterocycles. The average Bonchev–Trinajstić information content (AvgIpc) is 2.39. The van der Waals surface area contributed by atoms with E-state index in [1.54, 1.807) is 0 Å². The lowest BCUT2D eigenvalue weighted by Crippen LogP contribution is -2.24. The summed E-state index contributed by atoms with van der Waals surface area (Å²) < 4.78 is 0. The Bertz CT molecular complexity index is 508. The fourth-order valence-corrected chi connectivity index (χ4v) is 1.92. The third-order valence-corrected chi connectivity index (χ3v) is 3.30. The first kappa shape index (κ1) is 12.1. The Balaban J connectivity index is 2.23. The highest BCUT2D eigenvalue weighted by molar-refractivity contribution is 7.81. The third-order valence-electron chi connectivity index (χ3n) is 2.54. The van der Waals surface area contributed by atoms with Gasteiger partial charge in [-0.05, 0) is 24.3 Å². The van der Waals surface area contributed by atoms with Gasteiger partial charge in [-0.15, -0.1) is 0 Å². The first-order chi connectivity index (χ1) is 8.18. The van der Waals surface area contributed by atoms with Crippen LogP contribution in [-0.4, -0.2) is 12.0 Å². The fraction of sp³-hybridized carbons (Fsp3) is 0.0714. The Kier molecular flexibility index (Phi) is 3.77. The lowest BCUT2D eigenvalue weighted by atomic mass is 10.2. The minimum Gasteiger partial charge on any atom is -0.335 e. The summed E-state index contributed by atoms with van der Waals surface area (Å²) in [5.41, 5.74) is 2.07. The second kappa shape index (κ2) is 5.30. The molecule has 0 bridgehead atoms. The molecule has 2 aromatic carbocycles. The molecule has 3 heteroatoms. The second-order valence-corrected chi connectivity index (χ2v) is 4.53. The highest BCUT2D eigenvalue weighted by atomic mass is 35.5. The van der Waals surface area contributed by atoms with Gasteiger partial charge in [-0.3, -0.25) is 0 Å². The predicted octanol–water partition coefficient (Wildman–Crippen LogP) is 4.15. The number of thiocarbonyl (C=S) groups is 1. The van der Waals surface area contributed by atoms with Crippen LogP contribution in [0.3, 0.4) is 0 Å². The van der Waals surface area contributed by atoms with Gasteiger partial charge in [0.25, 0.3) is 0 Å². The Morgan fingerprint density at radius 2 is 1.59 bits per heavy atom. The van der Waals surface area contributed by atoms with Crippen LogP contribution >= 0.6 is 23.8 Å². The number of benzene rings is 2. The van der Waals surface area contributed by atoms with Gasteiger partial charge >= 0.3 is 0 Å². The Labute approximate surface area is 112 Å². The van der Waals surface area contributed by atoms with Gasteiger partial charge in [-0.1, -0.05) is 54.2 Å². The summed E-state index contributed by atoms with van der Waals surface area (Å²) >= 11 is 11.3. The van der Waals surface area contributed by atoms with E-state index in [0.717, 1.165) is 21.3 Å². The summed E-state index contributed by atoms with van der Waals surface area (Å²) in [6, 6.07) is 17.6. The van der Waals surface area contributed by atoms with Crippen LogP contribution in [0.2, 0.25) is 5.02 Å². The summed E-state index contributed by atoms with van der Waals surface area (Å²) in [5.74, 6) is 0. The van der Waals surface area contributed by atoms with Crippen molar-refractivity contribution in [3.8, 4) is 0 Å². The lowest BCUT2D eigenvalue weighted by molar-refractivity contribution is 1.28. The van der Waals surface area contributed by atoms with Crippen molar-refractivity contribution >= 4 is 34.5 Å². The van der Waals surface area contributed by atoms with Crippen LogP contribution in [-0.2, 0) is 0 Å². The van der Waals surface area contributed by atoms with Crippen molar-refractivity contribution in [3.63, 3.8) is 0 Å². The molecule has 0 heterocycles. The molecule has 0 atom stereocenters. The monoisotopic (exact) mass is 261 g/mol. The molecule has 17 heavy (non-hydrogen) atoms. The molecule has 0 spiro atoms. The fourth-order valence-electron chi connectivity index (χ4n) is 1.55. The Morgan fingerprint density at radius 1 is 1.00 bits per heavy atom. The number of hydrogen-bond acceptors (Lipinski definition) is 1. The van der Waals surface area contributed by atoms with Gasteiger partial charge in [0.15, 0.2) is 0 Å². The molecular weight excluding hydrogens is 250 g/mol. The molecule has 0 saturated carbocycles. The van der Waals surface area contributed by atoms with Gasteiger partial charge in [0.2, 0.25) is 0 Å². The standard InChI is InChI=1S/C14H12ClNS/c1-16(13-5-3-2-4-6-13)14(17)11-7-9-12(15)10-8-11/h2-10H,1H3. The molecular formula is C14H12ClNS. The van der Waals surface area contributed by atoms with E-state index in [4.69, 9.17) is 23.8 Å². The molecule has 0 radical (unpaired) electrons. The number of hydrogen-bond donors (Lipinski definition) is 0. The van der Waals surface area contributed by atoms with E-state index < -0.39 is 0 Å². The van der Waals surface area contributed by atoms with Crippen molar-refractivity contribution < 1.29 is 0 Å². The van der Waals surface area contributed by atoms with Crippen molar-refractivity contribution in [3.05, 3.63) is 65.2 Å². The Morgan fingerprint density at radius 3 is 2.18 bits per heavy atom. The van der Waals surface area contributed by atoms with E-state index in [1.807, 2.05) is 66.5 Å². The second-order valence-electron chi connectivity index (χ2n) is 3.71. The molecule has 0 aliphatic rings. The maximum Gasteiger partial charge on any atom is 0.113 e. The van der Waals surface area contributed by atoms with E-state index in [1.165, 1.54) is 0 Å². The maximum absolute atomic E-state index is 5.86. The van der Waals surface area contributed by atoms with Gasteiger partial charge in [-0.2, -0.15) is 0 Å². The summed E-state index contributed by atoms with van der Waals surface area (Å²) in [6.45, 7) is 0. The van der Waals surface area contributed by atoms with Crippen molar-refractivity contribution in [1.82, 2.24) is 0 Å². The van der Waals surface area contributed by atoms with E-state index in [0.29, 0.717) is 0 Å². The van der Waals surface area contributed by atoms with E-state index in [9.17, 15) is 0 Å². The zero-order valence-corrected chi connectivity index (χ0v) is 11.0. The van der Waals surface area contributed by atoms with Gasteiger partial charge in [-0.25, -0.2) is 0 Å². The number of halogens is 1. The summed E-state index contributed by atoms with van der Waals surface area (Å²) in [4.78, 5) is 2.77. The van der Waals surface area contributed by atoms with E-state index in [-0.39, 0.29) is 0 Å². The van der Waals surface area contributed by atoms with E-state index >= 15 is 0 Å². The largest absolute Gasteiger partial charge is 0.335 e. The van der Waals surface area contributed by atoms with Gasteiger partial charge < -0.3 is 4.90 Å². The minimum absolute atomic E-state index is 0.721. The molecule has 0 amide bonds. The summed E-state index contributed by atoms with van der Waals surface area (Å²) in [6.07, 6.45) is 0. The van der Waals surface area contributed by atoms with Gasteiger partial charge in [0.1, 0.15) is 4.99 Å². The van der Waals surface area contributed by atoms with Crippen LogP contribution < -0.4 is 4.90 Å². The SMILES string of the molecule is CN(C(=S)c1ccc(Cl)cc1)c1ccccc1. The molecule has 0 saturated heterocycles. The third kappa shape index (κ3) is 2.84. The average molecular weight is 262 g/mol. The molecule has 0 N–H and O–H groups in total. The van der Waals surface area contributed by atoms with Crippen molar-refractivity contribution in [1.29, 1.82) is 0 Å². The smallest absolute Gasteiger partial charge is 0.113 e. The zero-order chi connectivity index (χ0) is 12.3. The number of nitrogens with zero attached hydrogens (tertiary/aromatic N) is 1. The molecule has 0 aliphatic carbocycles. The normalized spacial score (nSPS) is 10.0. The number of para-hydroxylation sites is 1. The first-order valence-electron chi connectivity index (χ1n) is 5.27. The van der Waals surface area contributed by atoms with Crippen LogP contribution in [0.15, 0.2) is 54.6 Å². The molecule has 86 valence electrons. The van der Waals surface area contributed by atoms with Crippen molar-refractivity contribution in [2.45, 2.75) is 0 Å². The summed E-state index contributed by atoms with van der Waals surface area (Å²) in [7, 11) is 1.96. The van der Waals surface area contributed by atoms with Crippen LogP contribution in [0.1, 0.15) is 5.56 Å². The quantitative estimate of drug-likeness (QED) is 0.747. The number of anilines is 1. The first-order valence-corrected chi connectivity index (χ1v) is 6.06. The highest BCUT2D eigenvalue weighted by Crippen LogP contribution is 2.17. The molecule has 0 fully saturated rings. The predicted molar refractivity (Wildman–Crippen MR) is 78.0 cm³/mol. The van der Waals surface area contributed by atoms with Crippen LogP contribution in [0.25, 0.3) is 0 Å². The van der Waals surface area contributed by atoms with Crippen LogP contribution in [0.4, 0.5) is 5.69 Å². The van der Waals surface area contributed by atoms with Gasteiger partial charge in [0.05, 0.1) is 0 Å². The number of rotatable bonds is 2. The van der Waals surface area contributed by atoms with Crippen molar-refractivity contribution in [2.75, 3.05) is 11.9 Å². The van der Waals surface area contributed by atoms with E-state index in [2.05, 4.69) is 0 Å². The molecule has 0 unspecified atom stereocenters. The summed E-state index contributed by atoms with van der Waals surface area (Å²) in [5, 5.41) is 0.721. The lowest BCUT2D eigenvalue weighted by Gasteiger charge is -2.20. The molecule has 1 nitrogen and oxygen atoms in total. The van der Waals surface area contributed by atoms with Gasteiger partial charge in [0, 0.05) is 23.3 Å². The topological polar surface area (TPSA) is 3.24 Å². The molecule has 2 rings (SSSR count).